The lowest BCUT2D eigenvalue weighted by Crippen LogP contribution is -2.11. The van der Waals surface area contributed by atoms with E-state index in [1.54, 1.807) is 18.2 Å². The Morgan fingerprint density at radius 3 is 2.80 bits per heavy atom. The van der Waals surface area contributed by atoms with Crippen molar-refractivity contribution >= 4 is 5.97 Å². The number of rotatable bonds is 3. The smallest absolute Gasteiger partial charge is 0.338 e. The summed E-state index contributed by atoms with van der Waals surface area (Å²) in [5, 5.41) is 8.27. The lowest BCUT2D eigenvalue weighted by atomic mass is 10.1. The van der Waals surface area contributed by atoms with E-state index in [4.69, 9.17) is 5.11 Å². The molecule has 0 aliphatic heterocycles. The van der Waals surface area contributed by atoms with Gasteiger partial charge in [-0.05, 0) is 12.2 Å². The van der Waals surface area contributed by atoms with Crippen molar-refractivity contribution in [2.75, 3.05) is 13.2 Å². The van der Waals surface area contributed by atoms with E-state index in [1.165, 1.54) is 0 Å². The summed E-state index contributed by atoms with van der Waals surface area (Å²) in [4.78, 5) is 10.7. The largest absolute Gasteiger partial charge is 0.460 e. The van der Waals surface area contributed by atoms with Crippen LogP contribution in [0.25, 0.3) is 0 Å². The normalized spacial score (nSPS) is 13.9. The summed E-state index contributed by atoms with van der Waals surface area (Å²) in [6.07, 6.45) is 5.09. The van der Waals surface area contributed by atoms with Crippen LogP contribution in [0.15, 0.2) is 23.8 Å². The summed E-state index contributed by atoms with van der Waals surface area (Å²) < 4.78 is 4.59. The molecule has 0 heterocycles. The molecule has 0 amide bonds. The Balaban J connectivity index is 2.22. The molecule has 0 aromatic heterocycles. The molecule has 0 atom stereocenters. The van der Waals surface area contributed by atoms with Crippen LogP contribution in [0.1, 0.15) is 0 Å². The first-order valence-corrected chi connectivity index (χ1v) is 3.01. The van der Waals surface area contributed by atoms with Crippen LogP contribution in [-0.2, 0) is 9.53 Å². The van der Waals surface area contributed by atoms with Gasteiger partial charge >= 0.3 is 5.97 Å². The van der Waals surface area contributed by atoms with Gasteiger partial charge in [-0.1, -0.05) is 6.08 Å². The van der Waals surface area contributed by atoms with E-state index in [1.807, 2.05) is 0 Å². The van der Waals surface area contributed by atoms with E-state index in [-0.39, 0.29) is 19.2 Å². The minimum absolute atomic E-state index is 0.0734. The second-order valence-electron chi connectivity index (χ2n) is 1.84. The minimum atomic E-state index is -0.364. The summed E-state index contributed by atoms with van der Waals surface area (Å²) in [6, 6.07) is 0. The number of esters is 1. The molecule has 0 aromatic rings. The zero-order chi connectivity index (χ0) is 7.40. The van der Waals surface area contributed by atoms with Crippen LogP contribution >= 0.6 is 0 Å². The lowest BCUT2D eigenvalue weighted by Gasteiger charge is -2.05. The summed E-state index contributed by atoms with van der Waals surface area (Å²) >= 11 is 0. The highest BCUT2D eigenvalue weighted by molar-refractivity contribution is 5.94. The van der Waals surface area contributed by atoms with Gasteiger partial charge in [0.25, 0.3) is 0 Å². The van der Waals surface area contributed by atoms with Crippen molar-refractivity contribution in [3.63, 3.8) is 0 Å². The summed E-state index contributed by atoms with van der Waals surface area (Å²) in [5.41, 5.74) is 0.563. The predicted octanol–water partition coefficient (Wildman–Crippen LogP) is 0.0181. The van der Waals surface area contributed by atoms with Crippen LogP contribution in [0.2, 0.25) is 0 Å². The molecule has 0 unspecified atom stereocenters. The third kappa shape index (κ3) is 1.45. The first kappa shape index (κ1) is 7.02. The molecule has 0 spiro atoms. The van der Waals surface area contributed by atoms with E-state index >= 15 is 0 Å². The van der Waals surface area contributed by atoms with E-state index in [2.05, 4.69) is 4.74 Å². The fourth-order valence-corrected chi connectivity index (χ4v) is 0.550. The lowest BCUT2D eigenvalue weighted by molar-refractivity contribution is -0.139. The molecule has 1 aliphatic rings. The highest BCUT2D eigenvalue weighted by atomic mass is 16.5. The van der Waals surface area contributed by atoms with Gasteiger partial charge in [0, 0.05) is 0 Å². The molecular weight excluding hydrogens is 132 g/mol. The van der Waals surface area contributed by atoms with Gasteiger partial charge in [-0.15, -0.1) is 0 Å². The third-order valence-electron chi connectivity index (χ3n) is 1.11. The van der Waals surface area contributed by atoms with Crippen LogP contribution in [0.4, 0.5) is 0 Å². The monoisotopic (exact) mass is 140 g/mol. The number of aliphatic hydroxyl groups excluding tert-OH is 1. The zero-order valence-electron chi connectivity index (χ0n) is 5.41. The van der Waals surface area contributed by atoms with Gasteiger partial charge in [0.15, 0.2) is 0 Å². The van der Waals surface area contributed by atoms with Crippen molar-refractivity contribution in [2.24, 2.45) is 0 Å². The van der Waals surface area contributed by atoms with Gasteiger partial charge in [0.1, 0.15) is 6.61 Å². The van der Waals surface area contributed by atoms with Gasteiger partial charge in [-0.2, -0.15) is 0 Å². The molecule has 10 heavy (non-hydrogen) atoms. The van der Waals surface area contributed by atoms with Crippen LogP contribution in [0, 0.1) is 0 Å². The van der Waals surface area contributed by atoms with Gasteiger partial charge < -0.3 is 9.84 Å². The van der Waals surface area contributed by atoms with E-state index in [0.29, 0.717) is 5.57 Å². The van der Waals surface area contributed by atoms with Crippen molar-refractivity contribution in [1.82, 2.24) is 0 Å². The second-order valence-corrected chi connectivity index (χ2v) is 1.84. The molecule has 3 heteroatoms. The minimum Gasteiger partial charge on any atom is -0.460 e. The van der Waals surface area contributed by atoms with Crippen molar-refractivity contribution in [1.29, 1.82) is 0 Å². The molecule has 0 saturated carbocycles. The molecule has 0 fully saturated rings. The molecule has 0 aromatic carbocycles. The Bertz CT molecular complexity index is 191. The summed E-state index contributed by atoms with van der Waals surface area (Å²) in [6.45, 7) is -0.0489. The highest BCUT2D eigenvalue weighted by Gasteiger charge is 2.09. The van der Waals surface area contributed by atoms with E-state index in [0.717, 1.165) is 0 Å². The first-order chi connectivity index (χ1) is 4.84. The molecule has 1 aliphatic carbocycles. The molecule has 54 valence electrons. The zero-order valence-corrected chi connectivity index (χ0v) is 5.41. The summed E-state index contributed by atoms with van der Waals surface area (Å²) in [7, 11) is 0. The van der Waals surface area contributed by atoms with Crippen molar-refractivity contribution < 1.29 is 14.6 Å². The molecule has 0 saturated heterocycles. The van der Waals surface area contributed by atoms with E-state index in [9.17, 15) is 4.79 Å². The van der Waals surface area contributed by atoms with Crippen LogP contribution in [0.3, 0.4) is 0 Å². The fourth-order valence-electron chi connectivity index (χ4n) is 0.550. The maximum atomic E-state index is 10.7. The van der Waals surface area contributed by atoms with Gasteiger partial charge in [-0.3, -0.25) is 0 Å². The fraction of sp³-hybridized carbons (Fsp3) is 0.286. The van der Waals surface area contributed by atoms with Crippen molar-refractivity contribution in [3.05, 3.63) is 23.8 Å². The third-order valence-corrected chi connectivity index (χ3v) is 1.11. The Labute approximate surface area is 58.6 Å². The van der Waals surface area contributed by atoms with Crippen LogP contribution in [0.5, 0.6) is 0 Å². The van der Waals surface area contributed by atoms with Gasteiger partial charge in [0.2, 0.25) is 0 Å². The number of ether oxygens (including phenoxy) is 1. The Kier molecular flexibility index (Phi) is 2.23. The molecular formula is C7H8O3. The SMILES string of the molecule is O=C(OCCO)C1=CC=C1. The quantitative estimate of drug-likeness (QED) is 0.562. The average Bonchev–Trinajstić information content (AvgIpc) is 1.79. The molecule has 0 bridgehead atoms. The number of hydrogen-bond donors (Lipinski definition) is 1. The number of aliphatic hydroxyl groups is 1. The molecule has 0 radical (unpaired) electrons. The average molecular weight is 140 g/mol. The maximum absolute atomic E-state index is 10.7. The standard InChI is InChI=1S/C7H8O3/c8-4-5-10-7(9)6-2-1-3-6/h1-3,8H,4-5H2. The van der Waals surface area contributed by atoms with Gasteiger partial charge in [-0.25, -0.2) is 4.79 Å². The van der Waals surface area contributed by atoms with Crippen LogP contribution < -0.4 is 0 Å². The number of carbonyl (C=O) groups excluding carboxylic acids is 1. The topological polar surface area (TPSA) is 46.5 Å². The molecule has 1 rings (SSSR count). The Morgan fingerprint density at radius 1 is 1.70 bits per heavy atom. The maximum Gasteiger partial charge on any atom is 0.338 e. The predicted molar refractivity (Wildman–Crippen MR) is 35.3 cm³/mol. The second kappa shape index (κ2) is 3.17. The Morgan fingerprint density at radius 2 is 2.40 bits per heavy atom. The molecule has 3 nitrogen and oxygen atoms in total. The molecule has 1 N–H and O–H groups in total. The first-order valence-electron chi connectivity index (χ1n) is 3.01. The number of allylic oxidation sites excluding steroid dienone is 2. The number of hydrogen-bond acceptors (Lipinski definition) is 3. The van der Waals surface area contributed by atoms with Gasteiger partial charge in [0.05, 0.1) is 12.2 Å². The van der Waals surface area contributed by atoms with E-state index < -0.39 is 0 Å². The number of carbonyl (C=O) groups is 1. The van der Waals surface area contributed by atoms with Crippen LogP contribution in [-0.4, -0.2) is 24.3 Å². The highest BCUT2D eigenvalue weighted by Crippen LogP contribution is 2.08. The van der Waals surface area contributed by atoms with Crippen molar-refractivity contribution in [3.8, 4) is 0 Å². The summed E-state index contributed by atoms with van der Waals surface area (Å²) in [5.74, 6) is -0.364. The Hall–Kier alpha value is -1.09. The van der Waals surface area contributed by atoms with Crippen molar-refractivity contribution in [2.45, 2.75) is 0 Å².